The lowest BCUT2D eigenvalue weighted by Gasteiger charge is -2.38. The van der Waals surface area contributed by atoms with E-state index in [1.54, 1.807) is 17.6 Å². The van der Waals surface area contributed by atoms with Crippen LogP contribution in [0.5, 0.6) is 0 Å². The summed E-state index contributed by atoms with van der Waals surface area (Å²) in [6.07, 6.45) is 1.11. The Morgan fingerprint density at radius 1 is 1.44 bits per heavy atom. The number of carbonyl (C=O) groups is 1. The minimum Gasteiger partial charge on any atom is -0.385 e. The molecule has 2 aromatic rings. The van der Waals surface area contributed by atoms with Gasteiger partial charge < -0.3 is 15.3 Å². The van der Waals surface area contributed by atoms with Crippen LogP contribution in [-0.4, -0.2) is 47.1 Å². The topological polar surface area (TPSA) is 65.5 Å². The minimum atomic E-state index is -0.971. The van der Waals surface area contributed by atoms with Crippen LogP contribution in [0.15, 0.2) is 29.8 Å². The standard InChI is InChI=1S/C18H22FN3O2S/c1-13-16(25-12-21-13)17(23)20-7-10-22-8-5-18(24,6-9-22)14-3-2-4-15(19)11-14/h2-4,11-12,24H,5-10H2,1H3,(H,20,23). The fraction of sp³-hybridized carbons (Fsp3) is 0.444. The molecule has 1 aromatic carbocycles. The number of likely N-dealkylation sites (tertiary alicyclic amines) is 1. The SMILES string of the molecule is Cc1ncsc1C(=O)NCCN1CCC(O)(c2cccc(F)c2)CC1. The van der Waals surface area contributed by atoms with Crippen LogP contribution in [0, 0.1) is 12.7 Å². The first-order chi connectivity index (χ1) is 12.0. The van der Waals surface area contributed by atoms with Gasteiger partial charge in [-0.25, -0.2) is 9.37 Å². The lowest BCUT2D eigenvalue weighted by Crippen LogP contribution is -2.45. The van der Waals surface area contributed by atoms with Crippen LogP contribution < -0.4 is 5.32 Å². The molecule has 7 heteroatoms. The number of thiazole rings is 1. The first-order valence-corrected chi connectivity index (χ1v) is 9.25. The van der Waals surface area contributed by atoms with Crippen LogP contribution in [-0.2, 0) is 5.60 Å². The molecule has 0 radical (unpaired) electrons. The molecule has 1 aliphatic rings. The number of amides is 1. The van der Waals surface area contributed by atoms with Gasteiger partial charge in [0.1, 0.15) is 10.7 Å². The van der Waals surface area contributed by atoms with Gasteiger partial charge in [0, 0.05) is 26.2 Å². The number of halogens is 1. The van der Waals surface area contributed by atoms with Gasteiger partial charge in [-0.2, -0.15) is 0 Å². The van der Waals surface area contributed by atoms with E-state index in [0.29, 0.717) is 42.9 Å². The summed E-state index contributed by atoms with van der Waals surface area (Å²) in [5.74, 6) is -0.414. The van der Waals surface area contributed by atoms with Crippen LogP contribution in [0.1, 0.15) is 33.8 Å². The molecule has 5 nitrogen and oxygen atoms in total. The van der Waals surface area contributed by atoms with E-state index in [0.717, 1.165) is 12.2 Å². The predicted octanol–water partition coefficient (Wildman–Crippen LogP) is 2.30. The lowest BCUT2D eigenvalue weighted by molar-refractivity contribution is -0.0257. The van der Waals surface area contributed by atoms with Crippen LogP contribution >= 0.6 is 11.3 Å². The van der Waals surface area contributed by atoms with Crippen LogP contribution in [0.2, 0.25) is 0 Å². The second kappa shape index (κ2) is 7.59. The third-order valence-corrected chi connectivity index (χ3v) is 5.64. The van der Waals surface area contributed by atoms with Gasteiger partial charge in [-0.1, -0.05) is 12.1 Å². The van der Waals surface area contributed by atoms with Crippen LogP contribution in [0.25, 0.3) is 0 Å². The highest BCUT2D eigenvalue weighted by molar-refractivity contribution is 7.11. The van der Waals surface area contributed by atoms with E-state index < -0.39 is 5.60 Å². The summed E-state index contributed by atoms with van der Waals surface area (Å²) in [5, 5.41) is 13.7. The number of rotatable bonds is 5. The number of benzene rings is 1. The average Bonchev–Trinajstić information content (AvgIpc) is 3.03. The van der Waals surface area contributed by atoms with Gasteiger partial charge >= 0.3 is 0 Å². The van der Waals surface area contributed by atoms with Crippen LogP contribution in [0.4, 0.5) is 4.39 Å². The molecule has 0 atom stereocenters. The molecule has 1 fully saturated rings. The Bertz CT molecular complexity index is 741. The van der Waals surface area contributed by atoms with Gasteiger partial charge in [-0.3, -0.25) is 4.79 Å². The van der Waals surface area contributed by atoms with Crippen molar-refractivity contribution in [2.24, 2.45) is 0 Å². The quantitative estimate of drug-likeness (QED) is 0.856. The molecule has 3 rings (SSSR count). The van der Waals surface area contributed by atoms with Crippen molar-refractivity contribution >= 4 is 17.2 Å². The molecule has 1 amide bonds. The summed E-state index contributed by atoms with van der Waals surface area (Å²) in [4.78, 5) is 19.0. The summed E-state index contributed by atoms with van der Waals surface area (Å²) in [7, 11) is 0. The first kappa shape index (κ1) is 18.0. The van der Waals surface area contributed by atoms with Crippen molar-refractivity contribution in [1.82, 2.24) is 15.2 Å². The number of nitrogens with zero attached hydrogens (tertiary/aromatic N) is 2. The smallest absolute Gasteiger partial charge is 0.263 e. The summed E-state index contributed by atoms with van der Waals surface area (Å²) < 4.78 is 13.4. The highest BCUT2D eigenvalue weighted by atomic mass is 32.1. The zero-order valence-corrected chi connectivity index (χ0v) is 15.0. The third kappa shape index (κ3) is 4.23. The summed E-state index contributed by atoms with van der Waals surface area (Å²) >= 11 is 1.34. The molecule has 0 spiro atoms. The first-order valence-electron chi connectivity index (χ1n) is 8.37. The third-order valence-electron chi connectivity index (χ3n) is 4.71. The highest BCUT2D eigenvalue weighted by Gasteiger charge is 2.34. The van der Waals surface area contributed by atoms with Crippen molar-refractivity contribution in [1.29, 1.82) is 0 Å². The van der Waals surface area contributed by atoms with Gasteiger partial charge in [-0.05, 0) is 37.5 Å². The van der Waals surface area contributed by atoms with E-state index in [1.807, 2.05) is 6.92 Å². The fourth-order valence-corrected chi connectivity index (χ4v) is 3.86. The lowest BCUT2D eigenvalue weighted by atomic mass is 9.84. The maximum atomic E-state index is 13.4. The molecular weight excluding hydrogens is 341 g/mol. The second-order valence-electron chi connectivity index (χ2n) is 6.41. The number of aryl methyl sites for hydroxylation is 1. The monoisotopic (exact) mass is 363 g/mol. The van der Waals surface area contributed by atoms with Crippen molar-refractivity contribution in [3.8, 4) is 0 Å². The Balaban J connectivity index is 1.46. The minimum absolute atomic E-state index is 0.0896. The largest absolute Gasteiger partial charge is 0.385 e. The van der Waals surface area contributed by atoms with Gasteiger partial charge in [0.2, 0.25) is 0 Å². The van der Waals surface area contributed by atoms with Gasteiger partial charge in [0.15, 0.2) is 0 Å². The zero-order chi connectivity index (χ0) is 17.9. The second-order valence-corrected chi connectivity index (χ2v) is 7.26. The van der Waals surface area contributed by atoms with Crippen molar-refractivity contribution in [2.75, 3.05) is 26.2 Å². The molecule has 1 aromatic heterocycles. The number of hydrogen-bond donors (Lipinski definition) is 2. The molecular formula is C18H22FN3O2S. The van der Waals surface area contributed by atoms with E-state index in [2.05, 4.69) is 15.2 Å². The molecule has 1 aliphatic heterocycles. The van der Waals surface area contributed by atoms with Crippen LogP contribution in [0.3, 0.4) is 0 Å². The molecule has 2 N–H and O–H groups in total. The normalized spacial score (nSPS) is 17.4. The van der Waals surface area contributed by atoms with Gasteiger partial charge in [-0.15, -0.1) is 11.3 Å². The zero-order valence-electron chi connectivity index (χ0n) is 14.2. The Morgan fingerprint density at radius 2 is 2.20 bits per heavy atom. The van der Waals surface area contributed by atoms with Gasteiger partial charge in [0.25, 0.3) is 5.91 Å². The van der Waals surface area contributed by atoms with Crippen molar-refractivity contribution in [3.63, 3.8) is 0 Å². The molecule has 134 valence electrons. The van der Waals surface area contributed by atoms with Crippen molar-refractivity contribution < 1.29 is 14.3 Å². The maximum Gasteiger partial charge on any atom is 0.263 e. The van der Waals surface area contributed by atoms with E-state index in [1.165, 1.54) is 23.5 Å². The molecule has 0 unspecified atom stereocenters. The summed E-state index contributed by atoms with van der Waals surface area (Å²) in [6.45, 7) is 4.52. The number of piperidine rings is 1. The fourth-order valence-electron chi connectivity index (χ4n) is 3.14. The van der Waals surface area contributed by atoms with E-state index >= 15 is 0 Å². The number of hydrogen-bond acceptors (Lipinski definition) is 5. The van der Waals surface area contributed by atoms with E-state index in [-0.39, 0.29) is 11.7 Å². The molecule has 0 saturated carbocycles. The molecule has 1 saturated heterocycles. The summed E-state index contributed by atoms with van der Waals surface area (Å²) in [5.41, 5.74) is 2.09. The number of nitrogens with one attached hydrogen (secondary N) is 1. The summed E-state index contributed by atoms with van der Waals surface area (Å²) in [6, 6.07) is 6.20. The molecule has 2 heterocycles. The van der Waals surface area contributed by atoms with E-state index in [9.17, 15) is 14.3 Å². The Hall–Kier alpha value is -1.83. The molecule has 25 heavy (non-hydrogen) atoms. The number of aromatic nitrogens is 1. The Labute approximate surface area is 150 Å². The number of aliphatic hydroxyl groups is 1. The Kier molecular flexibility index (Phi) is 5.46. The Morgan fingerprint density at radius 3 is 2.84 bits per heavy atom. The molecule has 0 aliphatic carbocycles. The highest BCUT2D eigenvalue weighted by Crippen LogP contribution is 2.32. The average molecular weight is 363 g/mol. The molecule has 0 bridgehead atoms. The maximum absolute atomic E-state index is 13.4. The van der Waals surface area contributed by atoms with E-state index in [4.69, 9.17) is 0 Å². The predicted molar refractivity (Wildman–Crippen MR) is 95.2 cm³/mol. The number of carbonyl (C=O) groups excluding carboxylic acids is 1. The van der Waals surface area contributed by atoms with Crippen molar-refractivity contribution in [3.05, 3.63) is 51.7 Å². The van der Waals surface area contributed by atoms with Crippen molar-refractivity contribution in [2.45, 2.75) is 25.4 Å². The van der Waals surface area contributed by atoms with Gasteiger partial charge in [0.05, 0.1) is 16.8 Å².